The second kappa shape index (κ2) is 11.5. The van der Waals surface area contributed by atoms with Crippen LogP contribution in [0.25, 0.3) is 0 Å². The molecular formula is C26H26BrClN4O4S. The topological polar surface area (TPSA) is 98.8 Å². The van der Waals surface area contributed by atoms with Crippen molar-refractivity contribution < 1.29 is 18.0 Å². The summed E-state index contributed by atoms with van der Waals surface area (Å²) in [6, 6.07) is 19.5. The quantitative estimate of drug-likeness (QED) is 0.396. The van der Waals surface area contributed by atoms with Crippen molar-refractivity contribution in [3.63, 3.8) is 0 Å². The zero-order valence-electron chi connectivity index (χ0n) is 20.0. The van der Waals surface area contributed by atoms with E-state index in [0.717, 1.165) is 8.78 Å². The van der Waals surface area contributed by atoms with E-state index in [2.05, 4.69) is 26.6 Å². The third-order valence-corrected chi connectivity index (χ3v) is 8.68. The number of hydrogen-bond donors (Lipinski definition) is 2. The third kappa shape index (κ3) is 6.63. The molecule has 0 aromatic heterocycles. The largest absolute Gasteiger partial charge is 0.349 e. The van der Waals surface area contributed by atoms with Gasteiger partial charge in [-0.1, -0.05) is 39.7 Å². The van der Waals surface area contributed by atoms with E-state index in [1.807, 2.05) is 24.3 Å². The molecule has 11 heteroatoms. The molecule has 1 aliphatic rings. The van der Waals surface area contributed by atoms with Crippen molar-refractivity contribution in [3.05, 3.63) is 87.9 Å². The number of halogens is 2. The molecule has 0 aliphatic carbocycles. The van der Waals surface area contributed by atoms with Crippen molar-refractivity contribution >= 4 is 60.9 Å². The number of carbonyl (C=O) groups excluding carboxylic acids is 2. The van der Waals surface area contributed by atoms with Gasteiger partial charge in [-0.05, 0) is 73.5 Å². The first-order valence-corrected chi connectivity index (χ1v) is 14.2. The number of benzene rings is 3. The second-order valence-corrected chi connectivity index (χ2v) is 12.0. The molecule has 0 spiro atoms. The molecule has 0 bridgehead atoms. The number of nitrogens with one attached hydrogen (secondary N) is 2. The van der Waals surface area contributed by atoms with E-state index in [0.29, 0.717) is 42.3 Å². The van der Waals surface area contributed by atoms with E-state index in [1.165, 1.54) is 19.2 Å². The highest BCUT2D eigenvalue weighted by molar-refractivity contribution is 9.10. The highest BCUT2D eigenvalue weighted by Crippen LogP contribution is 2.25. The fraction of sp³-hybridized carbons (Fsp3) is 0.231. The van der Waals surface area contributed by atoms with E-state index in [-0.39, 0.29) is 28.4 Å². The van der Waals surface area contributed by atoms with Crippen molar-refractivity contribution in [1.82, 2.24) is 10.2 Å². The van der Waals surface area contributed by atoms with Crippen LogP contribution in [0, 0.1) is 0 Å². The number of rotatable bonds is 6. The maximum atomic E-state index is 13.2. The number of nitrogens with zero attached hydrogens (tertiary/aromatic N) is 2. The maximum Gasteiger partial charge on any atom is 0.321 e. The Morgan fingerprint density at radius 1 is 1.00 bits per heavy atom. The molecule has 37 heavy (non-hydrogen) atoms. The van der Waals surface area contributed by atoms with Crippen molar-refractivity contribution in [2.75, 3.05) is 29.8 Å². The van der Waals surface area contributed by atoms with Gasteiger partial charge in [-0.25, -0.2) is 13.2 Å². The number of piperidine rings is 1. The fourth-order valence-corrected chi connectivity index (χ4v) is 5.68. The van der Waals surface area contributed by atoms with Crippen LogP contribution in [-0.4, -0.2) is 51.4 Å². The minimum atomic E-state index is -3.90. The van der Waals surface area contributed by atoms with Crippen LogP contribution in [-0.2, 0) is 10.0 Å². The van der Waals surface area contributed by atoms with E-state index >= 15 is 0 Å². The first kappa shape index (κ1) is 27.0. The summed E-state index contributed by atoms with van der Waals surface area (Å²) in [5.41, 5.74) is 1.37. The van der Waals surface area contributed by atoms with Gasteiger partial charge in [0.1, 0.15) is 0 Å². The van der Waals surface area contributed by atoms with Crippen molar-refractivity contribution in [1.29, 1.82) is 0 Å². The minimum Gasteiger partial charge on any atom is -0.349 e. The number of carbonyl (C=O) groups is 2. The molecule has 194 valence electrons. The van der Waals surface area contributed by atoms with Crippen LogP contribution in [0.4, 0.5) is 16.2 Å². The first-order valence-electron chi connectivity index (χ1n) is 11.6. The van der Waals surface area contributed by atoms with Gasteiger partial charge in [-0.2, -0.15) is 0 Å². The normalized spacial score (nSPS) is 14.2. The lowest BCUT2D eigenvalue weighted by atomic mass is 10.0. The molecule has 0 unspecified atom stereocenters. The zero-order chi connectivity index (χ0) is 26.6. The van der Waals surface area contributed by atoms with Crippen LogP contribution < -0.4 is 14.9 Å². The lowest BCUT2D eigenvalue weighted by molar-refractivity contribution is 0.0919. The Balaban J connectivity index is 1.35. The highest BCUT2D eigenvalue weighted by Gasteiger charge is 2.26. The standard InChI is InChI=1S/C26H26BrClN4O4S/c1-31(23-6-3-5-20(28)17-23)37(35,36)24-7-2-4-18(16-24)25(33)29-22-12-14-32(15-13-22)26(34)30-21-10-8-19(27)9-11-21/h2-11,16-17,22H,12-15H2,1H3,(H,29,33)(H,30,34). The molecule has 1 saturated heterocycles. The van der Waals surface area contributed by atoms with Gasteiger partial charge in [0.15, 0.2) is 0 Å². The Labute approximate surface area is 229 Å². The summed E-state index contributed by atoms with van der Waals surface area (Å²) >= 11 is 9.38. The van der Waals surface area contributed by atoms with Gasteiger partial charge in [0.05, 0.1) is 10.6 Å². The van der Waals surface area contributed by atoms with E-state index in [9.17, 15) is 18.0 Å². The summed E-state index contributed by atoms with van der Waals surface area (Å²) in [7, 11) is -2.46. The summed E-state index contributed by atoms with van der Waals surface area (Å²) in [5, 5.41) is 6.27. The Morgan fingerprint density at radius 2 is 1.68 bits per heavy atom. The number of amides is 3. The van der Waals surface area contributed by atoms with Gasteiger partial charge in [0.2, 0.25) is 0 Å². The smallest absolute Gasteiger partial charge is 0.321 e. The number of anilines is 2. The van der Waals surface area contributed by atoms with Gasteiger partial charge in [-0.15, -0.1) is 0 Å². The molecule has 1 heterocycles. The average molecular weight is 606 g/mol. The fourth-order valence-electron chi connectivity index (χ4n) is 4.00. The Bertz CT molecular complexity index is 1390. The van der Waals surface area contributed by atoms with E-state index in [1.54, 1.807) is 41.3 Å². The van der Waals surface area contributed by atoms with E-state index in [4.69, 9.17) is 11.6 Å². The maximum absolute atomic E-state index is 13.2. The lowest BCUT2D eigenvalue weighted by Gasteiger charge is -2.32. The van der Waals surface area contributed by atoms with Gasteiger partial charge in [0, 0.05) is 46.9 Å². The SMILES string of the molecule is CN(c1cccc(Cl)c1)S(=O)(=O)c1cccc(C(=O)NC2CCN(C(=O)Nc3ccc(Br)cc3)CC2)c1. The molecule has 2 N–H and O–H groups in total. The Morgan fingerprint density at radius 3 is 2.35 bits per heavy atom. The van der Waals surface area contributed by atoms with Crippen LogP contribution in [0.15, 0.2) is 82.2 Å². The molecule has 1 aliphatic heterocycles. The molecule has 1 fully saturated rings. The molecule has 4 rings (SSSR count). The van der Waals surface area contributed by atoms with Gasteiger partial charge < -0.3 is 15.5 Å². The lowest BCUT2D eigenvalue weighted by Crippen LogP contribution is -2.47. The van der Waals surface area contributed by atoms with Crippen molar-refractivity contribution in [2.45, 2.75) is 23.8 Å². The second-order valence-electron chi connectivity index (χ2n) is 8.65. The summed E-state index contributed by atoms with van der Waals surface area (Å²) in [6.45, 7) is 0.984. The number of sulfonamides is 1. The summed E-state index contributed by atoms with van der Waals surface area (Å²) in [6.07, 6.45) is 1.18. The predicted octanol–water partition coefficient (Wildman–Crippen LogP) is 5.35. The van der Waals surface area contributed by atoms with Gasteiger partial charge in [0.25, 0.3) is 15.9 Å². The Hall–Kier alpha value is -3.08. The van der Waals surface area contributed by atoms with Gasteiger partial charge in [-0.3, -0.25) is 9.10 Å². The summed E-state index contributed by atoms with van der Waals surface area (Å²) < 4.78 is 28.4. The van der Waals surface area contributed by atoms with Crippen LogP contribution in [0.3, 0.4) is 0 Å². The number of urea groups is 1. The van der Waals surface area contributed by atoms with Crippen LogP contribution >= 0.6 is 27.5 Å². The summed E-state index contributed by atoms with van der Waals surface area (Å²) in [4.78, 5) is 27.2. The van der Waals surface area contributed by atoms with Crippen LogP contribution in [0.5, 0.6) is 0 Å². The molecule has 3 aromatic rings. The average Bonchev–Trinajstić information content (AvgIpc) is 2.90. The minimum absolute atomic E-state index is 0.00191. The molecule has 3 amide bonds. The number of hydrogen-bond acceptors (Lipinski definition) is 4. The third-order valence-electron chi connectivity index (χ3n) is 6.14. The van der Waals surface area contributed by atoms with Crippen LogP contribution in [0.2, 0.25) is 5.02 Å². The predicted molar refractivity (Wildman–Crippen MR) is 149 cm³/mol. The molecular weight excluding hydrogens is 580 g/mol. The monoisotopic (exact) mass is 604 g/mol. The number of likely N-dealkylation sites (tertiary alicyclic amines) is 1. The zero-order valence-corrected chi connectivity index (χ0v) is 23.2. The first-order chi connectivity index (χ1) is 17.6. The van der Waals surface area contributed by atoms with Crippen LogP contribution in [0.1, 0.15) is 23.2 Å². The summed E-state index contributed by atoms with van der Waals surface area (Å²) in [5.74, 6) is -0.361. The van der Waals surface area contributed by atoms with Gasteiger partial charge >= 0.3 is 6.03 Å². The molecule has 0 saturated carbocycles. The highest BCUT2D eigenvalue weighted by atomic mass is 79.9. The molecule has 0 radical (unpaired) electrons. The van der Waals surface area contributed by atoms with Crippen molar-refractivity contribution in [3.8, 4) is 0 Å². The molecule has 8 nitrogen and oxygen atoms in total. The Kier molecular flexibility index (Phi) is 8.41. The van der Waals surface area contributed by atoms with Crippen molar-refractivity contribution in [2.24, 2.45) is 0 Å². The molecule has 0 atom stereocenters. The molecule has 3 aromatic carbocycles. The van der Waals surface area contributed by atoms with E-state index < -0.39 is 10.0 Å².